The molecule has 3 aromatic rings. The maximum Gasteiger partial charge on any atom is 0.241 e. The summed E-state index contributed by atoms with van der Waals surface area (Å²) in [6.07, 6.45) is 3.49. The van der Waals surface area contributed by atoms with Crippen LogP contribution < -0.4 is 19.5 Å². The first-order valence-corrected chi connectivity index (χ1v) is 13.1. The molecule has 0 spiro atoms. The second-order valence-corrected chi connectivity index (χ2v) is 10.4. The average Bonchev–Trinajstić information content (AvgIpc) is 3.08. The lowest BCUT2D eigenvalue weighted by atomic mass is 10.1. The van der Waals surface area contributed by atoms with Gasteiger partial charge in [-0.3, -0.25) is 4.79 Å². The van der Waals surface area contributed by atoms with Gasteiger partial charge in [0.2, 0.25) is 15.9 Å². The molecule has 0 saturated carbocycles. The largest absolute Gasteiger partial charge is 0.490 e. The molecule has 4 rings (SSSR count). The lowest BCUT2D eigenvalue weighted by Gasteiger charge is -2.22. The number of carbonyl (C=O) groups is 1. The van der Waals surface area contributed by atoms with Crippen molar-refractivity contribution < 1.29 is 22.7 Å². The van der Waals surface area contributed by atoms with Crippen molar-refractivity contribution in [3.05, 3.63) is 54.7 Å². The molecule has 2 N–H and O–H groups in total. The van der Waals surface area contributed by atoms with E-state index in [-0.39, 0.29) is 16.7 Å². The van der Waals surface area contributed by atoms with E-state index in [1.807, 2.05) is 32.2 Å². The Labute approximate surface area is 200 Å². The van der Waals surface area contributed by atoms with Crippen LogP contribution in [0.2, 0.25) is 0 Å². The predicted molar refractivity (Wildman–Crippen MR) is 131 cm³/mol. The van der Waals surface area contributed by atoms with Gasteiger partial charge in [-0.15, -0.1) is 0 Å². The zero-order chi connectivity index (χ0) is 24.1. The summed E-state index contributed by atoms with van der Waals surface area (Å²) in [5.74, 6) is 0.336. The fourth-order valence-electron chi connectivity index (χ4n) is 3.94. The van der Waals surface area contributed by atoms with Crippen molar-refractivity contribution in [1.82, 2.24) is 14.6 Å². The van der Waals surface area contributed by atoms with E-state index in [1.165, 1.54) is 17.5 Å². The summed E-state index contributed by atoms with van der Waals surface area (Å²) in [7, 11) is -3.94. The molecule has 1 atom stereocenters. The molecule has 0 bridgehead atoms. The third-order valence-corrected chi connectivity index (χ3v) is 7.25. The maximum atomic E-state index is 13.0. The summed E-state index contributed by atoms with van der Waals surface area (Å²) in [5.41, 5.74) is 1.15. The highest BCUT2D eigenvalue weighted by Crippen LogP contribution is 2.32. The van der Waals surface area contributed by atoms with Crippen LogP contribution in [0.4, 0.5) is 0 Å². The van der Waals surface area contributed by atoms with Gasteiger partial charge in [0, 0.05) is 37.3 Å². The van der Waals surface area contributed by atoms with Gasteiger partial charge in [0.05, 0.1) is 18.1 Å². The molecule has 0 aliphatic carbocycles. The molecule has 2 aromatic carbocycles. The Morgan fingerprint density at radius 1 is 1.06 bits per heavy atom. The van der Waals surface area contributed by atoms with Crippen LogP contribution in [0.3, 0.4) is 0 Å². The van der Waals surface area contributed by atoms with Crippen LogP contribution in [0.1, 0.15) is 26.7 Å². The van der Waals surface area contributed by atoms with Crippen LogP contribution >= 0.6 is 0 Å². The quantitative estimate of drug-likeness (QED) is 0.453. The zero-order valence-corrected chi connectivity index (χ0v) is 20.3. The number of para-hydroxylation sites is 1. The molecule has 0 fully saturated rings. The number of carbonyl (C=O) groups excluding carboxylic acids is 1. The van der Waals surface area contributed by atoms with Crippen molar-refractivity contribution in [2.75, 3.05) is 19.8 Å². The summed E-state index contributed by atoms with van der Waals surface area (Å²) in [5, 5.41) is 4.06. The van der Waals surface area contributed by atoms with Gasteiger partial charge >= 0.3 is 0 Å². The smallest absolute Gasteiger partial charge is 0.241 e. The van der Waals surface area contributed by atoms with Gasteiger partial charge < -0.3 is 19.4 Å². The van der Waals surface area contributed by atoms with Gasteiger partial charge in [0.25, 0.3) is 0 Å². The number of fused-ring (bicyclic) bond motifs is 2. The van der Waals surface area contributed by atoms with Crippen molar-refractivity contribution in [3.8, 4) is 11.5 Å². The molecular formula is C25H31N3O5S. The number of ether oxygens (including phenoxy) is 2. The van der Waals surface area contributed by atoms with Crippen molar-refractivity contribution in [2.45, 2.75) is 44.2 Å². The Balaban J connectivity index is 1.36. The number of benzene rings is 2. The van der Waals surface area contributed by atoms with E-state index in [2.05, 4.69) is 32.8 Å². The molecule has 1 aliphatic heterocycles. The van der Waals surface area contributed by atoms with Crippen molar-refractivity contribution in [3.63, 3.8) is 0 Å². The molecule has 0 saturated heterocycles. The van der Waals surface area contributed by atoms with E-state index in [0.717, 1.165) is 24.9 Å². The van der Waals surface area contributed by atoms with E-state index < -0.39 is 16.1 Å². The number of nitrogens with one attached hydrogen (secondary N) is 2. The van der Waals surface area contributed by atoms with Gasteiger partial charge in [-0.05, 0) is 42.0 Å². The van der Waals surface area contributed by atoms with E-state index in [1.54, 1.807) is 6.07 Å². The van der Waals surface area contributed by atoms with Gasteiger partial charge in [0.15, 0.2) is 11.5 Å². The van der Waals surface area contributed by atoms with Crippen molar-refractivity contribution in [2.24, 2.45) is 5.92 Å². The highest BCUT2D eigenvalue weighted by molar-refractivity contribution is 7.89. The van der Waals surface area contributed by atoms with Crippen LogP contribution in [0.5, 0.6) is 11.5 Å². The molecule has 1 unspecified atom stereocenters. The highest BCUT2D eigenvalue weighted by atomic mass is 32.2. The van der Waals surface area contributed by atoms with E-state index in [0.29, 0.717) is 31.3 Å². The van der Waals surface area contributed by atoms with Crippen LogP contribution in [0.15, 0.2) is 59.6 Å². The molecular weight excluding hydrogens is 454 g/mol. The summed E-state index contributed by atoms with van der Waals surface area (Å²) in [6.45, 7) is 5.80. The summed E-state index contributed by atoms with van der Waals surface area (Å²) in [4.78, 5) is 12.9. The average molecular weight is 486 g/mol. The Morgan fingerprint density at radius 3 is 2.62 bits per heavy atom. The monoisotopic (exact) mass is 485 g/mol. The first-order valence-electron chi connectivity index (χ1n) is 11.6. The minimum Gasteiger partial charge on any atom is -0.490 e. The second kappa shape index (κ2) is 10.5. The SMILES string of the molecule is CC(C)C(NS(=O)(=O)c1ccc2c(c1)OCCCO2)C(=O)NCCCn1ccc2ccccc21. The molecule has 9 heteroatoms. The molecule has 2 heterocycles. The predicted octanol–water partition coefficient (Wildman–Crippen LogP) is 3.31. The molecule has 0 radical (unpaired) electrons. The molecule has 182 valence electrons. The first kappa shape index (κ1) is 24.1. The molecule has 1 aromatic heterocycles. The van der Waals surface area contributed by atoms with Gasteiger partial charge in [-0.2, -0.15) is 4.72 Å². The number of aromatic nitrogens is 1. The number of rotatable bonds is 9. The Hall–Kier alpha value is -3.04. The standard InChI is InChI=1S/C25H31N3O5S/c1-18(2)24(25(29)26-12-5-13-28-14-11-19-7-3-4-8-21(19)28)27-34(30,31)20-9-10-22-23(17-20)33-16-6-15-32-22/h3-4,7-11,14,17-18,24,27H,5-6,12-13,15-16H2,1-2H3,(H,26,29). The number of aryl methyl sites for hydroxylation is 1. The molecule has 1 aliphatic rings. The lowest BCUT2D eigenvalue weighted by Crippen LogP contribution is -2.49. The second-order valence-electron chi connectivity index (χ2n) is 8.71. The van der Waals surface area contributed by atoms with E-state index in [9.17, 15) is 13.2 Å². The van der Waals surface area contributed by atoms with Crippen molar-refractivity contribution >= 4 is 26.8 Å². The van der Waals surface area contributed by atoms with E-state index >= 15 is 0 Å². The van der Waals surface area contributed by atoms with Gasteiger partial charge in [0.1, 0.15) is 6.04 Å². The minimum atomic E-state index is -3.94. The Kier molecular flexibility index (Phi) is 7.43. The van der Waals surface area contributed by atoms with Crippen LogP contribution in [0.25, 0.3) is 10.9 Å². The van der Waals surface area contributed by atoms with Crippen LogP contribution in [-0.4, -0.2) is 44.7 Å². The lowest BCUT2D eigenvalue weighted by molar-refractivity contribution is -0.123. The number of nitrogens with zero attached hydrogens (tertiary/aromatic N) is 1. The van der Waals surface area contributed by atoms with Crippen LogP contribution in [0, 0.1) is 5.92 Å². The van der Waals surface area contributed by atoms with Gasteiger partial charge in [-0.25, -0.2) is 8.42 Å². The summed E-state index contributed by atoms with van der Waals surface area (Å²) >= 11 is 0. The maximum absolute atomic E-state index is 13.0. The summed E-state index contributed by atoms with van der Waals surface area (Å²) in [6, 6.07) is 13.8. The number of amides is 1. The van der Waals surface area contributed by atoms with Crippen LogP contribution in [-0.2, 0) is 21.4 Å². The third-order valence-electron chi connectivity index (χ3n) is 5.82. The minimum absolute atomic E-state index is 0.0367. The topological polar surface area (TPSA) is 98.7 Å². The first-order chi connectivity index (χ1) is 16.3. The van der Waals surface area contributed by atoms with Crippen molar-refractivity contribution in [1.29, 1.82) is 0 Å². The fourth-order valence-corrected chi connectivity index (χ4v) is 5.30. The Morgan fingerprint density at radius 2 is 1.82 bits per heavy atom. The Bertz CT molecular complexity index is 1250. The molecule has 34 heavy (non-hydrogen) atoms. The normalized spacial score (nSPS) is 14.7. The number of sulfonamides is 1. The number of hydrogen-bond acceptors (Lipinski definition) is 5. The summed E-state index contributed by atoms with van der Waals surface area (Å²) < 4.78 is 42.0. The zero-order valence-electron chi connectivity index (χ0n) is 19.5. The van der Waals surface area contributed by atoms with E-state index in [4.69, 9.17) is 9.47 Å². The third kappa shape index (κ3) is 5.53. The van der Waals surface area contributed by atoms with Gasteiger partial charge in [-0.1, -0.05) is 32.0 Å². The molecule has 8 nitrogen and oxygen atoms in total. The highest BCUT2D eigenvalue weighted by Gasteiger charge is 2.29. The fraction of sp³-hybridized carbons (Fsp3) is 0.400. The molecule has 1 amide bonds. The number of hydrogen-bond donors (Lipinski definition) is 2.